The van der Waals surface area contributed by atoms with Crippen LogP contribution in [-0.2, 0) is 10.0 Å². The van der Waals surface area contributed by atoms with E-state index in [1.54, 1.807) is 6.92 Å². The van der Waals surface area contributed by atoms with Crippen LogP contribution >= 0.6 is 0 Å². The number of benzene rings is 2. The van der Waals surface area contributed by atoms with Gasteiger partial charge in [-0.05, 0) is 42.8 Å². The number of alkyl halides is 2. The standard InChI is InChI=1S/C26H20F4N6O5S/c1-12-6-22(41-24-15(27)4-3-5-16(24)28)32-11-20(12)36-25(31)14(10-33-36)23(37)19-7-13-8-21(40-26(29)30)18(9-17(13)34-19)35-42(2,38)39/h3-11,26,34-35H,31H2,1-2H3. The van der Waals surface area contributed by atoms with Crippen LogP contribution in [-0.4, -0.2) is 46.8 Å². The molecule has 4 N–H and O–H groups in total. The molecule has 11 nitrogen and oxygen atoms in total. The van der Waals surface area contributed by atoms with E-state index in [9.17, 15) is 30.8 Å². The van der Waals surface area contributed by atoms with Crippen molar-refractivity contribution in [2.75, 3.05) is 16.7 Å². The molecule has 5 aromatic rings. The fourth-order valence-electron chi connectivity index (χ4n) is 4.11. The van der Waals surface area contributed by atoms with Gasteiger partial charge in [0.15, 0.2) is 17.4 Å². The summed E-state index contributed by atoms with van der Waals surface area (Å²) in [5, 5.41) is 4.45. The topological polar surface area (TPSA) is 154 Å². The normalized spacial score (nSPS) is 11.7. The number of aromatic nitrogens is 4. The van der Waals surface area contributed by atoms with E-state index in [1.165, 1.54) is 41.3 Å². The molecule has 0 aliphatic rings. The van der Waals surface area contributed by atoms with E-state index in [0.717, 1.165) is 24.5 Å². The number of nitrogens with zero attached hydrogens (tertiary/aromatic N) is 3. The van der Waals surface area contributed by atoms with E-state index in [0.29, 0.717) is 11.3 Å². The molecule has 0 saturated carbocycles. The van der Waals surface area contributed by atoms with Crippen molar-refractivity contribution >= 4 is 38.2 Å². The molecule has 0 amide bonds. The lowest BCUT2D eigenvalue weighted by atomic mass is 10.1. The number of para-hydroxylation sites is 1. The van der Waals surface area contributed by atoms with Crippen LogP contribution in [0.3, 0.4) is 0 Å². The Labute approximate surface area is 234 Å². The van der Waals surface area contributed by atoms with Gasteiger partial charge in [0, 0.05) is 17.0 Å². The first-order chi connectivity index (χ1) is 19.8. The number of aryl methyl sites for hydroxylation is 1. The van der Waals surface area contributed by atoms with E-state index in [4.69, 9.17) is 10.5 Å². The number of H-pyrrole nitrogens is 1. The number of sulfonamides is 1. The summed E-state index contributed by atoms with van der Waals surface area (Å²) in [6, 6.07) is 8.40. The molecule has 42 heavy (non-hydrogen) atoms. The van der Waals surface area contributed by atoms with E-state index in [2.05, 4.69) is 24.5 Å². The van der Waals surface area contributed by atoms with E-state index < -0.39 is 45.6 Å². The van der Waals surface area contributed by atoms with E-state index in [-0.39, 0.29) is 39.5 Å². The van der Waals surface area contributed by atoms with E-state index >= 15 is 0 Å². The van der Waals surface area contributed by atoms with Crippen LogP contribution in [0.2, 0.25) is 0 Å². The van der Waals surface area contributed by atoms with Gasteiger partial charge in [-0.1, -0.05) is 6.07 Å². The Morgan fingerprint density at radius 3 is 2.48 bits per heavy atom. The van der Waals surface area contributed by atoms with Crippen LogP contribution in [0.5, 0.6) is 17.4 Å². The predicted octanol–water partition coefficient (Wildman–Crippen LogP) is 4.91. The number of nitrogens with one attached hydrogen (secondary N) is 2. The molecule has 0 fully saturated rings. The van der Waals surface area contributed by atoms with Crippen molar-refractivity contribution in [1.29, 1.82) is 0 Å². The van der Waals surface area contributed by atoms with Gasteiger partial charge in [-0.15, -0.1) is 0 Å². The smallest absolute Gasteiger partial charge is 0.387 e. The van der Waals surface area contributed by atoms with Gasteiger partial charge >= 0.3 is 6.61 Å². The number of halogens is 4. The SMILES string of the molecule is Cc1cc(Oc2c(F)cccc2F)ncc1-n1ncc(C(=O)c2cc3cc(OC(F)F)c(NS(C)(=O)=O)cc3[nH]2)c1N. The van der Waals surface area contributed by atoms with Crippen molar-refractivity contribution in [2.24, 2.45) is 0 Å². The third-order valence-corrected chi connectivity index (χ3v) is 6.53. The molecule has 0 aliphatic heterocycles. The van der Waals surface area contributed by atoms with Crippen LogP contribution in [0, 0.1) is 18.6 Å². The van der Waals surface area contributed by atoms with Crippen LogP contribution < -0.4 is 19.9 Å². The summed E-state index contributed by atoms with van der Waals surface area (Å²) in [4.78, 5) is 20.2. The van der Waals surface area contributed by atoms with Gasteiger partial charge in [0.1, 0.15) is 5.82 Å². The number of hydrogen-bond acceptors (Lipinski definition) is 8. The maximum atomic E-state index is 14.0. The molecule has 3 heterocycles. The van der Waals surface area contributed by atoms with Crippen LogP contribution in [0.25, 0.3) is 16.6 Å². The molecule has 0 saturated heterocycles. The molecule has 5 rings (SSSR count). The summed E-state index contributed by atoms with van der Waals surface area (Å²) in [5.74, 6) is -3.65. The lowest BCUT2D eigenvalue weighted by Gasteiger charge is -2.11. The highest BCUT2D eigenvalue weighted by Gasteiger charge is 2.22. The Hall–Kier alpha value is -5.12. The Balaban J connectivity index is 1.45. The van der Waals surface area contributed by atoms with Gasteiger partial charge in [0.2, 0.25) is 27.4 Å². The number of anilines is 2. The predicted molar refractivity (Wildman–Crippen MR) is 144 cm³/mol. The maximum Gasteiger partial charge on any atom is 0.387 e. The minimum absolute atomic E-state index is 0.00117. The average molecular weight is 605 g/mol. The van der Waals surface area contributed by atoms with Crippen molar-refractivity contribution < 1.29 is 40.2 Å². The highest BCUT2D eigenvalue weighted by atomic mass is 32.2. The molecular weight excluding hydrogens is 584 g/mol. The second kappa shape index (κ2) is 10.7. The molecule has 0 unspecified atom stereocenters. The molecule has 0 radical (unpaired) electrons. The second-order valence-electron chi connectivity index (χ2n) is 9.02. The van der Waals surface area contributed by atoms with Gasteiger partial charge in [0.25, 0.3) is 0 Å². The summed E-state index contributed by atoms with van der Waals surface area (Å²) in [7, 11) is -3.84. The third kappa shape index (κ3) is 5.69. The Morgan fingerprint density at radius 2 is 1.83 bits per heavy atom. The Bertz CT molecular complexity index is 1940. The maximum absolute atomic E-state index is 14.0. The number of ketones is 1. The zero-order chi connectivity index (χ0) is 30.3. The quantitative estimate of drug-likeness (QED) is 0.158. The lowest BCUT2D eigenvalue weighted by Crippen LogP contribution is -2.12. The Morgan fingerprint density at radius 1 is 1.12 bits per heavy atom. The number of carbonyl (C=O) groups is 1. The van der Waals surface area contributed by atoms with Crippen molar-refractivity contribution in [3.8, 4) is 23.1 Å². The zero-order valence-electron chi connectivity index (χ0n) is 21.7. The summed E-state index contributed by atoms with van der Waals surface area (Å²) in [6.45, 7) is -1.59. The number of rotatable bonds is 9. The van der Waals surface area contributed by atoms with Crippen LogP contribution in [0.15, 0.2) is 54.9 Å². The number of nitrogen functional groups attached to an aromatic ring is 1. The molecule has 2 aromatic carbocycles. The summed E-state index contributed by atoms with van der Waals surface area (Å²) < 4.78 is 90.2. The summed E-state index contributed by atoms with van der Waals surface area (Å²) >= 11 is 0. The Kier molecular flexibility index (Phi) is 7.24. The fourth-order valence-corrected chi connectivity index (χ4v) is 4.67. The van der Waals surface area contributed by atoms with Gasteiger partial charge in [-0.2, -0.15) is 13.9 Å². The van der Waals surface area contributed by atoms with Gasteiger partial charge in [0.05, 0.1) is 41.3 Å². The zero-order valence-corrected chi connectivity index (χ0v) is 22.5. The van der Waals surface area contributed by atoms with Crippen molar-refractivity contribution in [2.45, 2.75) is 13.5 Å². The molecule has 218 valence electrons. The first-order valence-corrected chi connectivity index (χ1v) is 13.8. The van der Waals surface area contributed by atoms with E-state index in [1.807, 2.05) is 0 Å². The lowest BCUT2D eigenvalue weighted by molar-refractivity contribution is -0.0492. The van der Waals surface area contributed by atoms with Crippen molar-refractivity contribution in [3.05, 3.63) is 83.3 Å². The van der Waals surface area contributed by atoms with Crippen LogP contribution in [0.1, 0.15) is 21.6 Å². The second-order valence-corrected chi connectivity index (χ2v) is 10.8. The van der Waals surface area contributed by atoms with Crippen molar-refractivity contribution in [3.63, 3.8) is 0 Å². The molecule has 16 heteroatoms. The number of aromatic amines is 1. The molecule has 0 atom stereocenters. The minimum Gasteiger partial charge on any atom is -0.433 e. The first-order valence-electron chi connectivity index (χ1n) is 11.9. The number of hydrogen-bond donors (Lipinski definition) is 3. The van der Waals surface area contributed by atoms with Crippen molar-refractivity contribution in [1.82, 2.24) is 19.7 Å². The summed E-state index contributed by atoms with van der Waals surface area (Å²) in [5.41, 5.74) is 7.05. The average Bonchev–Trinajstić information content (AvgIpc) is 3.48. The number of ether oxygens (including phenoxy) is 2. The minimum atomic E-state index is -3.84. The number of carbonyl (C=O) groups excluding carboxylic acids is 1. The number of fused-ring (bicyclic) bond motifs is 1. The largest absolute Gasteiger partial charge is 0.433 e. The van der Waals surface area contributed by atoms with Crippen LogP contribution in [0.4, 0.5) is 29.1 Å². The van der Waals surface area contributed by atoms with Gasteiger partial charge < -0.3 is 20.2 Å². The number of nitrogens with two attached hydrogens (primary N) is 1. The van der Waals surface area contributed by atoms with Gasteiger partial charge in [-0.3, -0.25) is 9.52 Å². The first kappa shape index (κ1) is 28.4. The molecule has 3 aromatic heterocycles. The molecule has 0 aliphatic carbocycles. The molecular formula is C26H20F4N6O5S. The highest BCUT2D eigenvalue weighted by Crippen LogP contribution is 2.34. The molecule has 0 spiro atoms. The highest BCUT2D eigenvalue weighted by molar-refractivity contribution is 7.92. The number of pyridine rings is 1. The summed E-state index contributed by atoms with van der Waals surface area (Å²) in [6.07, 6.45) is 3.35. The van der Waals surface area contributed by atoms with Gasteiger partial charge in [-0.25, -0.2) is 26.9 Å². The monoisotopic (exact) mass is 604 g/mol. The fraction of sp³-hybridized carbons (Fsp3) is 0.115. The third-order valence-electron chi connectivity index (χ3n) is 5.94. The molecule has 0 bridgehead atoms.